The summed E-state index contributed by atoms with van der Waals surface area (Å²) < 4.78 is 27.7. The van der Waals surface area contributed by atoms with E-state index in [1.54, 1.807) is 30.5 Å². The Morgan fingerprint density at radius 1 is 1.07 bits per heavy atom. The first kappa shape index (κ1) is 29.6. The quantitative estimate of drug-likeness (QED) is 0.226. The van der Waals surface area contributed by atoms with Crippen LogP contribution in [0.4, 0.5) is 5.82 Å². The minimum atomic E-state index is -3.69. The molecule has 1 saturated heterocycles. The van der Waals surface area contributed by atoms with Gasteiger partial charge in [0.25, 0.3) is 0 Å². The average Bonchev–Trinajstić information content (AvgIpc) is 3.77. The van der Waals surface area contributed by atoms with Crippen molar-refractivity contribution in [2.45, 2.75) is 50.6 Å². The number of pyridine rings is 1. The van der Waals surface area contributed by atoms with Crippen molar-refractivity contribution < 1.29 is 13.2 Å². The van der Waals surface area contributed by atoms with Crippen LogP contribution in [-0.2, 0) is 14.8 Å². The summed E-state index contributed by atoms with van der Waals surface area (Å²) in [6.45, 7) is 6.08. The van der Waals surface area contributed by atoms with E-state index in [1.165, 1.54) is 10.6 Å². The van der Waals surface area contributed by atoms with E-state index in [4.69, 9.17) is 23.2 Å². The summed E-state index contributed by atoms with van der Waals surface area (Å²) >= 11 is 12.8. The fourth-order valence-electron chi connectivity index (χ4n) is 6.27. The third-order valence-electron chi connectivity index (χ3n) is 8.37. The summed E-state index contributed by atoms with van der Waals surface area (Å²) in [6, 6.07) is 19.9. The van der Waals surface area contributed by atoms with Crippen molar-refractivity contribution in [3.63, 3.8) is 0 Å². The molecule has 6 nitrogen and oxygen atoms in total. The number of likely N-dealkylation sites (tertiary alicyclic amines) is 1. The third kappa shape index (κ3) is 6.32. The second kappa shape index (κ2) is 11.8. The number of carbonyl (C=O) groups is 1. The van der Waals surface area contributed by atoms with Crippen LogP contribution in [-0.4, -0.2) is 43.1 Å². The van der Waals surface area contributed by atoms with Gasteiger partial charge in [-0.3, -0.25) is 9.10 Å². The van der Waals surface area contributed by atoms with Crippen molar-refractivity contribution in [3.05, 3.63) is 107 Å². The van der Waals surface area contributed by atoms with E-state index in [1.807, 2.05) is 54.3 Å². The van der Waals surface area contributed by atoms with Gasteiger partial charge >= 0.3 is 0 Å². The molecule has 4 atom stereocenters. The molecule has 1 aromatic heterocycles. The van der Waals surface area contributed by atoms with Crippen molar-refractivity contribution in [3.8, 4) is 0 Å². The number of benzene rings is 2. The summed E-state index contributed by atoms with van der Waals surface area (Å²) in [6.07, 6.45) is 7.50. The van der Waals surface area contributed by atoms with Gasteiger partial charge in [0.2, 0.25) is 15.9 Å². The smallest absolute Gasteiger partial charge is 0.233 e. The van der Waals surface area contributed by atoms with Crippen LogP contribution in [0, 0.1) is 11.3 Å². The summed E-state index contributed by atoms with van der Waals surface area (Å²) in [7, 11) is -3.69. The minimum Gasteiger partial charge on any atom is -0.329 e. The summed E-state index contributed by atoms with van der Waals surface area (Å²) in [4.78, 5) is 21.1. The van der Waals surface area contributed by atoms with Gasteiger partial charge in [-0.05, 0) is 79.1 Å². The number of nitrogens with zero attached hydrogens (tertiary/aromatic N) is 3. The Labute approximate surface area is 253 Å². The molecule has 3 aromatic rings. The second-order valence-corrected chi connectivity index (χ2v) is 14.3. The summed E-state index contributed by atoms with van der Waals surface area (Å²) in [5.74, 6) is 0.406. The zero-order chi connectivity index (χ0) is 29.4. The van der Waals surface area contributed by atoms with E-state index in [0.717, 1.165) is 24.0 Å². The normalized spacial score (nSPS) is 23.7. The number of anilines is 1. The zero-order valence-electron chi connectivity index (χ0n) is 23.3. The van der Waals surface area contributed by atoms with Gasteiger partial charge in [-0.1, -0.05) is 66.5 Å². The van der Waals surface area contributed by atoms with Crippen LogP contribution >= 0.6 is 23.2 Å². The van der Waals surface area contributed by atoms with Gasteiger partial charge in [0.15, 0.2) is 0 Å². The highest BCUT2D eigenvalue weighted by molar-refractivity contribution is 7.92. The molecule has 2 fully saturated rings. The Kier molecular flexibility index (Phi) is 8.51. The highest BCUT2D eigenvalue weighted by Gasteiger charge is 2.54. The van der Waals surface area contributed by atoms with Crippen LogP contribution in [0.3, 0.4) is 0 Å². The number of rotatable bonds is 10. The molecule has 0 spiro atoms. The van der Waals surface area contributed by atoms with Crippen LogP contribution in [0.2, 0.25) is 10.0 Å². The van der Waals surface area contributed by atoms with Gasteiger partial charge < -0.3 is 4.90 Å². The predicted octanol–water partition coefficient (Wildman–Crippen LogP) is 7.27. The number of halogens is 2. The predicted molar refractivity (Wildman–Crippen MR) is 166 cm³/mol. The van der Waals surface area contributed by atoms with Crippen LogP contribution in [0.15, 0.2) is 85.6 Å². The highest BCUT2D eigenvalue weighted by atomic mass is 35.5. The molecule has 1 aliphatic heterocycles. The van der Waals surface area contributed by atoms with Crippen molar-refractivity contribution in [2.24, 2.45) is 11.3 Å². The lowest BCUT2D eigenvalue weighted by atomic mass is 9.67. The molecule has 1 saturated carbocycles. The molecule has 216 valence electrons. The standard InChI is InChI=1S/C32H35Cl2N3O3S/c1-4-17-32(2)20-27(24-8-7-9-26(34)19-24)30(23-13-15-25(33)16-14-23)37(31(32)38)28(22-11-12-22)21-36(41(3,39)40)29-10-5-6-18-35-29/h4-10,13-16,18-19,22,27-28,30H,1,11-12,17,20-21H2,2-3H3/t27-,28-,30-,32+/m1/s1. The Morgan fingerprint density at radius 3 is 2.39 bits per heavy atom. The number of hydrogen-bond donors (Lipinski definition) is 0. The van der Waals surface area contributed by atoms with Crippen molar-refractivity contribution in [2.75, 3.05) is 17.1 Å². The molecular formula is C32H35Cl2N3O3S. The number of piperidine rings is 1. The third-order valence-corrected chi connectivity index (χ3v) is 9.99. The average molecular weight is 613 g/mol. The van der Waals surface area contributed by atoms with E-state index in [-0.39, 0.29) is 36.4 Å². The van der Waals surface area contributed by atoms with Crippen LogP contribution in [0.25, 0.3) is 0 Å². The zero-order valence-corrected chi connectivity index (χ0v) is 25.6. The van der Waals surface area contributed by atoms with Gasteiger partial charge in [0, 0.05) is 22.2 Å². The lowest BCUT2D eigenvalue weighted by molar-refractivity contribution is -0.154. The van der Waals surface area contributed by atoms with Crippen LogP contribution in [0.1, 0.15) is 55.7 Å². The second-order valence-electron chi connectivity index (χ2n) is 11.5. The van der Waals surface area contributed by atoms with Gasteiger partial charge in [-0.2, -0.15) is 0 Å². The monoisotopic (exact) mass is 611 g/mol. The molecule has 2 heterocycles. The number of carbonyl (C=O) groups excluding carboxylic acids is 1. The molecule has 0 N–H and O–H groups in total. The lowest BCUT2D eigenvalue weighted by Gasteiger charge is -2.52. The van der Waals surface area contributed by atoms with E-state index < -0.39 is 15.4 Å². The maximum atomic E-state index is 14.7. The van der Waals surface area contributed by atoms with E-state index in [9.17, 15) is 13.2 Å². The molecule has 2 aliphatic rings. The van der Waals surface area contributed by atoms with Crippen molar-refractivity contribution >= 4 is 45.0 Å². The number of aromatic nitrogens is 1. The SMILES string of the molecule is C=CC[C@@]1(C)C[C@H](c2cccc(Cl)c2)[C@@H](c2ccc(Cl)cc2)N([C@H](CN(c2ccccn2)S(C)(=O)=O)C2CC2)C1=O. The molecule has 5 rings (SSSR count). The van der Waals surface area contributed by atoms with Gasteiger partial charge in [0.1, 0.15) is 5.82 Å². The molecule has 1 aliphatic carbocycles. The number of amides is 1. The van der Waals surface area contributed by atoms with Crippen LogP contribution in [0.5, 0.6) is 0 Å². The molecular weight excluding hydrogens is 577 g/mol. The largest absolute Gasteiger partial charge is 0.329 e. The molecule has 9 heteroatoms. The molecule has 0 unspecified atom stereocenters. The molecule has 0 radical (unpaired) electrons. The van der Waals surface area contributed by atoms with Gasteiger partial charge in [0.05, 0.1) is 30.3 Å². The van der Waals surface area contributed by atoms with Crippen molar-refractivity contribution in [1.29, 1.82) is 0 Å². The number of hydrogen-bond acceptors (Lipinski definition) is 4. The Morgan fingerprint density at radius 2 is 1.80 bits per heavy atom. The lowest BCUT2D eigenvalue weighted by Crippen LogP contribution is -2.59. The number of allylic oxidation sites excluding steroid dienone is 1. The molecule has 1 amide bonds. The van der Waals surface area contributed by atoms with E-state index in [0.29, 0.717) is 28.7 Å². The fourth-order valence-corrected chi connectivity index (χ4v) is 7.46. The molecule has 41 heavy (non-hydrogen) atoms. The van der Waals surface area contributed by atoms with Crippen LogP contribution < -0.4 is 4.31 Å². The van der Waals surface area contributed by atoms with Gasteiger partial charge in [-0.15, -0.1) is 6.58 Å². The first-order chi connectivity index (χ1) is 19.5. The first-order valence-electron chi connectivity index (χ1n) is 13.8. The topological polar surface area (TPSA) is 70.6 Å². The fraction of sp³-hybridized carbons (Fsp3) is 0.375. The Hall–Kier alpha value is -2.87. The maximum Gasteiger partial charge on any atom is 0.233 e. The minimum absolute atomic E-state index is 0.00185. The Bertz CT molecular complexity index is 1510. The first-order valence-corrected chi connectivity index (χ1v) is 16.5. The molecule has 2 aromatic carbocycles. The van der Waals surface area contributed by atoms with Gasteiger partial charge in [-0.25, -0.2) is 13.4 Å². The van der Waals surface area contributed by atoms with Crippen molar-refractivity contribution in [1.82, 2.24) is 9.88 Å². The van der Waals surface area contributed by atoms with E-state index >= 15 is 0 Å². The maximum absolute atomic E-state index is 14.7. The number of sulfonamides is 1. The highest BCUT2D eigenvalue weighted by Crippen LogP contribution is 2.54. The Balaban J connectivity index is 1.69. The van der Waals surface area contributed by atoms with E-state index in [2.05, 4.69) is 17.6 Å². The molecule has 0 bridgehead atoms. The summed E-state index contributed by atoms with van der Waals surface area (Å²) in [5, 5.41) is 1.23. The summed E-state index contributed by atoms with van der Waals surface area (Å²) in [5.41, 5.74) is 1.25.